The van der Waals surface area contributed by atoms with Crippen molar-refractivity contribution in [2.24, 2.45) is 4.99 Å². The number of rotatable bonds is 1. The normalized spacial score (nSPS) is 18.5. The highest BCUT2D eigenvalue weighted by Gasteiger charge is 2.23. The number of nitrogens with one attached hydrogen (secondary N) is 1. The number of allylic oxidation sites excluding steroid dienone is 2. The molecular formula is C15H15N5O2. The minimum absolute atomic E-state index is 0.0731. The molecule has 112 valence electrons. The van der Waals surface area contributed by atoms with E-state index in [1.807, 2.05) is 0 Å². The minimum atomic E-state index is -0.178. The molecule has 4 rings (SSSR count). The van der Waals surface area contributed by atoms with Gasteiger partial charge in [-0.15, -0.1) is 0 Å². The molecule has 2 aliphatic rings. The van der Waals surface area contributed by atoms with Crippen LogP contribution in [0.4, 0.5) is 11.5 Å². The van der Waals surface area contributed by atoms with Gasteiger partial charge in [-0.2, -0.15) is 0 Å². The predicted octanol–water partition coefficient (Wildman–Crippen LogP) is 1.23. The largest absolute Gasteiger partial charge is 0.382 e. The fourth-order valence-corrected chi connectivity index (χ4v) is 3.01. The standard InChI is InChI=1S/C15H15N5O2/c16-14-13(15(22)20-8-2-1-7-19(14)20)18-10-3-4-11(21)9-5-6-17-12(9)10/h3-6,17H,1-2,7-8,16H2. The fourth-order valence-electron chi connectivity index (χ4n) is 3.01. The highest BCUT2D eigenvalue weighted by Crippen LogP contribution is 2.24. The lowest BCUT2D eigenvalue weighted by Gasteiger charge is -2.17. The zero-order chi connectivity index (χ0) is 15.3. The lowest BCUT2D eigenvalue weighted by atomic mass is 10.0. The molecule has 0 atom stereocenters. The maximum Gasteiger partial charge on any atom is 0.294 e. The van der Waals surface area contributed by atoms with Crippen LogP contribution in [0.15, 0.2) is 34.2 Å². The van der Waals surface area contributed by atoms with Gasteiger partial charge in [-0.25, -0.2) is 9.67 Å². The SMILES string of the molecule is Nc1c(N=C2C=CC(=O)c3cc[nH]c32)c(=O)n2n1CCCC2. The molecule has 0 saturated carbocycles. The quantitative estimate of drug-likeness (QED) is 0.828. The number of H-pyrrole nitrogens is 1. The van der Waals surface area contributed by atoms with Gasteiger partial charge in [0.15, 0.2) is 17.3 Å². The van der Waals surface area contributed by atoms with Crippen LogP contribution >= 0.6 is 0 Å². The Balaban J connectivity index is 1.88. The molecule has 0 amide bonds. The molecule has 0 radical (unpaired) electrons. The Morgan fingerprint density at radius 1 is 1.14 bits per heavy atom. The maximum atomic E-state index is 12.5. The smallest absolute Gasteiger partial charge is 0.294 e. The van der Waals surface area contributed by atoms with Gasteiger partial charge in [0, 0.05) is 24.8 Å². The third kappa shape index (κ3) is 1.71. The monoisotopic (exact) mass is 297 g/mol. The number of anilines is 1. The Kier molecular flexibility index (Phi) is 2.69. The van der Waals surface area contributed by atoms with Crippen molar-refractivity contribution in [1.29, 1.82) is 0 Å². The van der Waals surface area contributed by atoms with Crippen molar-refractivity contribution >= 4 is 23.0 Å². The highest BCUT2D eigenvalue weighted by molar-refractivity contribution is 6.23. The molecule has 7 nitrogen and oxygen atoms in total. The minimum Gasteiger partial charge on any atom is -0.382 e. The van der Waals surface area contributed by atoms with E-state index in [0.29, 0.717) is 29.3 Å². The summed E-state index contributed by atoms with van der Waals surface area (Å²) in [5.74, 6) is 0.312. The van der Waals surface area contributed by atoms with Crippen molar-refractivity contribution in [3.05, 3.63) is 46.0 Å². The molecule has 0 saturated heterocycles. The van der Waals surface area contributed by atoms with Crippen molar-refractivity contribution in [2.75, 3.05) is 5.73 Å². The van der Waals surface area contributed by atoms with Gasteiger partial charge in [-0.1, -0.05) is 0 Å². The second-order valence-corrected chi connectivity index (χ2v) is 5.45. The fraction of sp³-hybridized carbons (Fsp3) is 0.267. The first-order valence-corrected chi connectivity index (χ1v) is 7.25. The second kappa shape index (κ2) is 4.59. The Bertz CT molecular complexity index is 894. The number of carbonyl (C=O) groups is 1. The molecule has 0 aromatic carbocycles. The van der Waals surface area contributed by atoms with Crippen LogP contribution in [0.1, 0.15) is 28.9 Å². The van der Waals surface area contributed by atoms with Gasteiger partial charge in [0.05, 0.1) is 11.4 Å². The summed E-state index contributed by atoms with van der Waals surface area (Å²) in [4.78, 5) is 31.7. The van der Waals surface area contributed by atoms with Gasteiger partial charge >= 0.3 is 0 Å². The first-order valence-electron chi connectivity index (χ1n) is 7.25. The number of hydrogen-bond donors (Lipinski definition) is 2. The van der Waals surface area contributed by atoms with Crippen molar-refractivity contribution in [3.63, 3.8) is 0 Å². The van der Waals surface area contributed by atoms with Crippen LogP contribution in [0.3, 0.4) is 0 Å². The maximum absolute atomic E-state index is 12.5. The van der Waals surface area contributed by atoms with Crippen LogP contribution in [-0.4, -0.2) is 25.8 Å². The summed E-state index contributed by atoms with van der Waals surface area (Å²) >= 11 is 0. The van der Waals surface area contributed by atoms with Gasteiger partial charge in [0.2, 0.25) is 0 Å². The Hall–Kier alpha value is -2.83. The number of nitrogens with zero attached hydrogens (tertiary/aromatic N) is 3. The molecule has 1 aliphatic heterocycles. The summed E-state index contributed by atoms with van der Waals surface area (Å²) in [5.41, 5.74) is 7.90. The van der Waals surface area contributed by atoms with Crippen LogP contribution in [0.25, 0.3) is 0 Å². The number of ketones is 1. The first kappa shape index (κ1) is 12.9. The summed E-state index contributed by atoms with van der Waals surface area (Å²) in [6, 6.07) is 1.71. The summed E-state index contributed by atoms with van der Waals surface area (Å²) in [7, 11) is 0. The molecule has 22 heavy (non-hydrogen) atoms. The molecule has 0 fully saturated rings. The number of nitrogens with two attached hydrogens (primary N) is 1. The predicted molar refractivity (Wildman–Crippen MR) is 82.8 cm³/mol. The lowest BCUT2D eigenvalue weighted by Crippen LogP contribution is -2.27. The molecule has 0 bridgehead atoms. The molecule has 2 aromatic rings. The molecule has 0 spiro atoms. The number of fused-ring (bicyclic) bond motifs is 2. The van der Waals surface area contributed by atoms with Crippen LogP contribution in [0.5, 0.6) is 0 Å². The van der Waals surface area contributed by atoms with Crippen molar-refractivity contribution < 1.29 is 4.79 Å². The van der Waals surface area contributed by atoms with E-state index in [4.69, 9.17) is 5.73 Å². The van der Waals surface area contributed by atoms with E-state index in [9.17, 15) is 9.59 Å². The van der Waals surface area contributed by atoms with Crippen molar-refractivity contribution in [3.8, 4) is 0 Å². The molecular weight excluding hydrogens is 282 g/mol. The van der Waals surface area contributed by atoms with E-state index in [1.165, 1.54) is 6.08 Å². The third-order valence-corrected chi connectivity index (χ3v) is 4.13. The van der Waals surface area contributed by atoms with E-state index in [0.717, 1.165) is 19.4 Å². The van der Waals surface area contributed by atoms with Gasteiger partial charge in [0.1, 0.15) is 0 Å². The summed E-state index contributed by atoms with van der Waals surface area (Å²) < 4.78 is 3.43. The average molecular weight is 297 g/mol. The van der Waals surface area contributed by atoms with Crippen LogP contribution in [0, 0.1) is 0 Å². The van der Waals surface area contributed by atoms with E-state index in [-0.39, 0.29) is 17.0 Å². The van der Waals surface area contributed by atoms with E-state index >= 15 is 0 Å². The second-order valence-electron chi connectivity index (χ2n) is 5.45. The summed E-state index contributed by atoms with van der Waals surface area (Å²) in [6.07, 6.45) is 6.73. The summed E-state index contributed by atoms with van der Waals surface area (Å²) in [5, 5.41) is 0. The Morgan fingerprint density at radius 2 is 1.91 bits per heavy atom. The molecule has 2 aromatic heterocycles. The zero-order valence-corrected chi connectivity index (χ0v) is 11.9. The van der Waals surface area contributed by atoms with Gasteiger partial charge < -0.3 is 10.7 Å². The Labute approximate surface area is 125 Å². The van der Waals surface area contributed by atoms with Crippen LogP contribution in [-0.2, 0) is 13.1 Å². The molecule has 7 heteroatoms. The van der Waals surface area contributed by atoms with E-state index in [1.54, 1.807) is 27.7 Å². The first-order chi connectivity index (χ1) is 10.7. The average Bonchev–Trinajstić information content (AvgIpc) is 3.11. The number of carbonyl (C=O) groups excluding carboxylic acids is 1. The zero-order valence-electron chi connectivity index (χ0n) is 11.9. The van der Waals surface area contributed by atoms with Crippen LogP contribution < -0.4 is 11.3 Å². The van der Waals surface area contributed by atoms with Crippen LogP contribution in [0.2, 0.25) is 0 Å². The highest BCUT2D eigenvalue weighted by atomic mass is 16.1. The number of hydrogen-bond acceptors (Lipinski definition) is 4. The molecule has 0 unspecified atom stereocenters. The van der Waals surface area contributed by atoms with Gasteiger partial charge in [0.25, 0.3) is 5.56 Å². The van der Waals surface area contributed by atoms with Crippen molar-refractivity contribution in [1.82, 2.24) is 14.3 Å². The lowest BCUT2D eigenvalue weighted by molar-refractivity contribution is 0.104. The number of aromatic nitrogens is 3. The van der Waals surface area contributed by atoms with E-state index < -0.39 is 0 Å². The van der Waals surface area contributed by atoms with E-state index in [2.05, 4.69) is 9.98 Å². The topological polar surface area (TPSA) is 98.2 Å². The molecule has 3 heterocycles. The van der Waals surface area contributed by atoms with Gasteiger partial charge in [-0.05, 0) is 31.1 Å². The molecule has 3 N–H and O–H groups in total. The third-order valence-electron chi connectivity index (χ3n) is 4.13. The number of aliphatic imine (C=N–C) groups is 1. The van der Waals surface area contributed by atoms with Crippen molar-refractivity contribution in [2.45, 2.75) is 25.9 Å². The van der Waals surface area contributed by atoms with Gasteiger partial charge in [-0.3, -0.25) is 14.3 Å². The number of nitrogen functional groups attached to an aromatic ring is 1. The Morgan fingerprint density at radius 3 is 2.68 bits per heavy atom. The molecule has 1 aliphatic carbocycles. The summed E-state index contributed by atoms with van der Waals surface area (Å²) in [6.45, 7) is 1.39. The number of aromatic amines is 1.